The fourth-order valence-electron chi connectivity index (χ4n) is 6.89. The molecule has 0 aliphatic carbocycles. The van der Waals surface area contributed by atoms with Gasteiger partial charge in [0.25, 0.3) is 5.91 Å². The maximum Gasteiger partial charge on any atom is 0.410 e. The van der Waals surface area contributed by atoms with Gasteiger partial charge in [-0.05, 0) is 114 Å². The van der Waals surface area contributed by atoms with Crippen molar-refractivity contribution < 1.29 is 43.2 Å². The van der Waals surface area contributed by atoms with Gasteiger partial charge in [-0.3, -0.25) is 19.7 Å². The second-order valence-electron chi connectivity index (χ2n) is 16.4. The van der Waals surface area contributed by atoms with Crippen LogP contribution in [0.2, 0.25) is 0 Å². The third-order valence-corrected chi connectivity index (χ3v) is 10.2. The highest BCUT2D eigenvalue weighted by molar-refractivity contribution is 5.95. The van der Waals surface area contributed by atoms with Gasteiger partial charge >= 0.3 is 12.1 Å². The summed E-state index contributed by atoms with van der Waals surface area (Å²) < 4.78 is 28.2. The minimum Gasteiger partial charge on any atom is -0.494 e. The van der Waals surface area contributed by atoms with Crippen molar-refractivity contribution >= 4 is 23.7 Å². The summed E-state index contributed by atoms with van der Waals surface area (Å²) in [6, 6.07) is 18.6. The average molecular weight is 858 g/mol. The number of hydrogen-bond donors (Lipinski definition) is 4. The number of ether oxygens (including phenoxy) is 5. The van der Waals surface area contributed by atoms with Crippen molar-refractivity contribution in [3.63, 3.8) is 0 Å². The summed E-state index contributed by atoms with van der Waals surface area (Å²) in [7, 11) is 0. The number of pyridine rings is 1. The lowest BCUT2D eigenvalue weighted by Crippen LogP contribution is -2.50. The van der Waals surface area contributed by atoms with Crippen LogP contribution in [0.1, 0.15) is 107 Å². The third-order valence-electron chi connectivity index (χ3n) is 10.2. The fourth-order valence-corrected chi connectivity index (χ4v) is 6.89. The molecule has 3 heterocycles. The number of piperidine rings is 1. The lowest BCUT2D eigenvalue weighted by Gasteiger charge is -2.41. The molecule has 0 unspecified atom stereocenters. The number of carboxylic acid groups (broad SMARTS) is 1. The van der Waals surface area contributed by atoms with Crippen molar-refractivity contribution in [2.45, 2.75) is 96.2 Å². The SMILES string of the molecule is C[C@@H](NC(=O)c1cccc(NC2(c3nc(-c4ccncc4)n[nH]3)CCN(C(=O)OC(C)(C)C)CC2)c1)c1cccc(OCCCCCCOCCOCCOCCCC(=O)O)c1. The first-order valence-corrected chi connectivity index (χ1v) is 21.6. The van der Waals surface area contributed by atoms with Gasteiger partial charge in [0, 0.05) is 61.9 Å². The number of amides is 2. The molecule has 1 atom stereocenters. The quantitative estimate of drug-likeness (QED) is 0.0477. The molecule has 4 N–H and O–H groups in total. The van der Waals surface area contributed by atoms with E-state index in [2.05, 4.69) is 25.8 Å². The largest absolute Gasteiger partial charge is 0.494 e. The lowest BCUT2D eigenvalue weighted by molar-refractivity contribution is -0.137. The zero-order valence-electron chi connectivity index (χ0n) is 36.5. The van der Waals surface area contributed by atoms with Crippen molar-refractivity contribution in [2.75, 3.05) is 64.7 Å². The molecule has 16 nitrogen and oxygen atoms in total. The highest BCUT2D eigenvalue weighted by Crippen LogP contribution is 2.36. The molecule has 336 valence electrons. The van der Waals surface area contributed by atoms with Crippen LogP contribution in [0.15, 0.2) is 73.1 Å². The van der Waals surface area contributed by atoms with Gasteiger partial charge < -0.3 is 44.3 Å². The first-order valence-electron chi connectivity index (χ1n) is 21.6. The van der Waals surface area contributed by atoms with E-state index in [9.17, 15) is 14.4 Å². The van der Waals surface area contributed by atoms with Crippen molar-refractivity contribution in [1.29, 1.82) is 0 Å². The van der Waals surface area contributed by atoms with Gasteiger partial charge in [0.2, 0.25) is 0 Å². The van der Waals surface area contributed by atoms with E-state index in [4.69, 9.17) is 33.8 Å². The summed E-state index contributed by atoms with van der Waals surface area (Å²) in [5, 5.41) is 23.1. The molecule has 1 aliphatic rings. The Kier molecular flexibility index (Phi) is 18.5. The average Bonchev–Trinajstić information content (AvgIpc) is 3.76. The molecule has 0 spiro atoms. The van der Waals surface area contributed by atoms with Crippen LogP contribution in [0.3, 0.4) is 0 Å². The molecule has 1 fully saturated rings. The third kappa shape index (κ3) is 15.7. The van der Waals surface area contributed by atoms with Crippen molar-refractivity contribution in [3.05, 3.63) is 90.0 Å². The summed E-state index contributed by atoms with van der Waals surface area (Å²) in [5.41, 5.74) is 1.67. The van der Waals surface area contributed by atoms with E-state index >= 15 is 0 Å². The Balaban J connectivity index is 1.06. The monoisotopic (exact) mass is 857 g/mol. The summed E-state index contributed by atoms with van der Waals surface area (Å²) in [6.45, 7) is 12.0. The molecular formula is C46H63N7O9. The van der Waals surface area contributed by atoms with Crippen LogP contribution in [0.25, 0.3) is 11.4 Å². The Morgan fingerprint density at radius 2 is 1.50 bits per heavy atom. The summed E-state index contributed by atoms with van der Waals surface area (Å²) >= 11 is 0. The number of anilines is 1. The van der Waals surface area contributed by atoms with Gasteiger partial charge in [-0.1, -0.05) is 24.6 Å². The Morgan fingerprint density at radius 1 is 0.839 bits per heavy atom. The Hall–Kier alpha value is -5.58. The number of carbonyl (C=O) groups is 3. The predicted octanol–water partition coefficient (Wildman–Crippen LogP) is 7.55. The molecule has 0 radical (unpaired) electrons. The lowest BCUT2D eigenvalue weighted by atomic mass is 9.86. The van der Waals surface area contributed by atoms with Gasteiger partial charge in [-0.25, -0.2) is 9.78 Å². The number of aromatic nitrogens is 4. The summed E-state index contributed by atoms with van der Waals surface area (Å²) in [5.74, 6) is 0.905. The van der Waals surface area contributed by atoms with Crippen LogP contribution >= 0.6 is 0 Å². The predicted molar refractivity (Wildman–Crippen MR) is 234 cm³/mol. The molecule has 0 saturated carbocycles. The first kappa shape index (κ1) is 47.5. The molecule has 2 amide bonds. The van der Waals surface area contributed by atoms with Crippen LogP contribution in [-0.4, -0.2) is 113 Å². The van der Waals surface area contributed by atoms with Crippen molar-refractivity contribution in [1.82, 2.24) is 30.4 Å². The standard InChI is InChI=1S/C46H63N7O9/c1-34(36-12-10-15-39(33-36)61-27-8-6-5-7-25-58-28-30-60-31-29-59-26-11-16-40(54)55)48-42(56)37-13-9-14-38(32-37)50-46(19-23-53(24-20-46)44(57)62-45(2,3)4)43-49-41(51-52-43)35-17-21-47-22-18-35/h9-10,12-15,17-18,21-22,32-34,50H,5-8,11,16,19-20,23-31H2,1-4H3,(H,48,56)(H,54,55)(H,49,51,52)/t34-/m1/s1. The minimum absolute atomic E-state index is 0.115. The molecule has 1 saturated heterocycles. The zero-order chi connectivity index (χ0) is 44.2. The van der Waals surface area contributed by atoms with E-state index in [0.29, 0.717) is 95.8 Å². The number of aromatic amines is 1. The minimum atomic E-state index is -0.813. The topological polar surface area (TPSA) is 199 Å². The maximum atomic E-state index is 13.7. The van der Waals surface area contributed by atoms with Crippen molar-refractivity contribution in [2.24, 2.45) is 0 Å². The van der Waals surface area contributed by atoms with Gasteiger partial charge in [0.05, 0.1) is 39.1 Å². The van der Waals surface area contributed by atoms with E-state index in [0.717, 1.165) is 48.2 Å². The van der Waals surface area contributed by atoms with E-state index < -0.39 is 17.1 Å². The van der Waals surface area contributed by atoms with Gasteiger partial charge in [0.1, 0.15) is 16.9 Å². The second-order valence-corrected chi connectivity index (χ2v) is 16.4. The Morgan fingerprint density at radius 3 is 2.19 bits per heavy atom. The maximum absolute atomic E-state index is 13.7. The number of carboxylic acids is 1. The number of unbranched alkanes of at least 4 members (excludes halogenated alkanes) is 3. The van der Waals surface area contributed by atoms with Crippen LogP contribution < -0.4 is 15.4 Å². The number of hydrogen-bond acceptors (Lipinski definition) is 12. The molecule has 5 rings (SSSR count). The highest BCUT2D eigenvalue weighted by atomic mass is 16.6. The summed E-state index contributed by atoms with van der Waals surface area (Å²) in [4.78, 5) is 47.8. The second kappa shape index (κ2) is 24.2. The normalized spacial score (nSPS) is 14.2. The van der Waals surface area contributed by atoms with Gasteiger partial charge in [0.15, 0.2) is 11.6 Å². The molecule has 1 aliphatic heterocycles. The molecule has 0 bridgehead atoms. The summed E-state index contributed by atoms with van der Waals surface area (Å²) in [6.07, 6.45) is 8.64. The first-order chi connectivity index (χ1) is 29.9. The Bertz CT molecular complexity index is 1980. The molecule has 16 heteroatoms. The van der Waals surface area contributed by atoms with E-state index in [1.165, 1.54) is 0 Å². The number of rotatable bonds is 25. The van der Waals surface area contributed by atoms with Crippen molar-refractivity contribution in [3.8, 4) is 17.1 Å². The number of nitrogens with zero attached hydrogens (tertiary/aromatic N) is 4. The number of likely N-dealkylation sites (tertiary alicyclic amines) is 1. The number of benzene rings is 2. The van der Waals surface area contributed by atoms with Gasteiger partial charge in [-0.2, -0.15) is 5.10 Å². The van der Waals surface area contributed by atoms with Crippen LogP contribution in [-0.2, 0) is 29.3 Å². The van der Waals surface area contributed by atoms with E-state index in [-0.39, 0.29) is 24.5 Å². The molecule has 2 aromatic heterocycles. The van der Waals surface area contributed by atoms with Crippen LogP contribution in [0.5, 0.6) is 5.75 Å². The smallest absolute Gasteiger partial charge is 0.410 e. The molecule has 4 aromatic rings. The zero-order valence-corrected chi connectivity index (χ0v) is 36.5. The number of aliphatic carboxylic acids is 1. The number of carbonyl (C=O) groups excluding carboxylic acids is 2. The number of nitrogens with one attached hydrogen (secondary N) is 3. The molecular weight excluding hydrogens is 795 g/mol. The molecule has 62 heavy (non-hydrogen) atoms. The van der Waals surface area contributed by atoms with Crippen LogP contribution in [0, 0.1) is 0 Å². The van der Waals surface area contributed by atoms with E-state index in [1.54, 1.807) is 23.4 Å². The fraction of sp³-hybridized carbons (Fsp3) is 0.522. The highest BCUT2D eigenvalue weighted by Gasteiger charge is 2.41. The van der Waals surface area contributed by atoms with Gasteiger partial charge in [-0.15, -0.1) is 0 Å². The number of H-pyrrole nitrogens is 1. The Labute approximate surface area is 364 Å². The van der Waals surface area contributed by atoms with Crippen LogP contribution in [0.4, 0.5) is 10.5 Å². The molecule has 2 aromatic carbocycles. The van der Waals surface area contributed by atoms with E-state index in [1.807, 2.05) is 82.3 Å².